The summed E-state index contributed by atoms with van der Waals surface area (Å²) in [6.07, 6.45) is -4.38. The summed E-state index contributed by atoms with van der Waals surface area (Å²) in [5.41, 5.74) is -0.416. The Hall–Kier alpha value is -1.89. The van der Waals surface area contributed by atoms with Crippen LogP contribution in [0.3, 0.4) is 0 Å². The maximum atomic E-state index is 12.7. The molecule has 0 saturated carbocycles. The quantitative estimate of drug-likeness (QED) is 0.925. The van der Waals surface area contributed by atoms with Crippen molar-refractivity contribution in [1.82, 2.24) is 15.5 Å². The zero-order valence-electron chi connectivity index (χ0n) is 11.3. The van der Waals surface area contributed by atoms with Gasteiger partial charge in [-0.3, -0.25) is 0 Å². The van der Waals surface area contributed by atoms with E-state index in [-0.39, 0.29) is 11.7 Å². The summed E-state index contributed by atoms with van der Waals surface area (Å²) < 4.78 is 43.4. The molecule has 0 aliphatic carbocycles. The number of aromatic nitrogens is 2. The molecular weight excluding hydrogens is 283 g/mol. The van der Waals surface area contributed by atoms with E-state index in [0.717, 1.165) is 25.2 Å². The van der Waals surface area contributed by atoms with Gasteiger partial charge in [0.2, 0.25) is 11.7 Å². The van der Waals surface area contributed by atoms with Crippen molar-refractivity contribution in [1.29, 1.82) is 0 Å². The molecule has 0 bridgehead atoms. The Balaban J connectivity index is 1.90. The van der Waals surface area contributed by atoms with E-state index >= 15 is 0 Å². The largest absolute Gasteiger partial charge is 0.416 e. The smallest absolute Gasteiger partial charge is 0.339 e. The number of alkyl halides is 3. The molecule has 2 heterocycles. The molecule has 1 fully saturated rings. The van der Waals surface area contributed by atoms with Gasteiger partial charge < -0.3 is 9.84 Å². The molecule has 1 N–H and O–H groups in total. The number of nitrogens with one attached hydrogen (secondary N) is 1. The third-order valence-corrected chi connectivity index (χ3v) is 3.72. The number of hydrogen-bond donors (Lipinski definition) is 1. The number of nitrogens with zero attached hydrogens (tertiary/aromatic N) is 2. The molecule has 0 radical (unpaired) electrons. The van der Waals surface area contributed by atoms with Crippen molar-refractivity contribution >= 4 is 0 Å². The van der Waals surface area contributed by atoms with E-state index in [2.05, 4.69) is 22.4 Å². The Labute approximate surface area is 119 Å². The number of halogens is 3. The highest BCUT2D eigenvalue weighted by atomic mass is 19.4. The predicted molar refractivity (Wildman–Crippen MR) is 69.5 cm³/mol. The Bertz CT molecular complexity index is 638. The van der Waals surface area contributed by atoms with Gasteiger partial charge in [0.1, 0.15) is 0 Å². The maximum absolute atomic E-state index is 12.7. The van der Waals surface area contributed by atoms with Crippen molar-refractivity contribution in [3.63, 3.8) is 0 Å². The van der Waals surface area contributed by atoms with Crippen molar-refractivity contribution in [3.05, 3.63) is 35.7 Å². The molecule has 4 nitrogen and oxygen atoms in total. The summed E-state index contributed by atoms with van der Waals surface area (Å²) in [4.78, 5) is 4.25. The lowest BCUT2D eigenvalue weighted by atomic mass is 9.98. The van der Waals surface area contributed by atoms with Crippen LogP contribution >= 0.6 is 0 Å². The van der Waals surface area contributed by atoms with Gasteiger partial charge in [0.05, 0.1) is 11.5 Å². The van der Waals surface area contributed by atoms with Crippen LogP contribution in [-0.4, -0.2) is 23.2 Å². The highest BCUT2D eigenvalue weighted by molar-refractivity contribution is 5.55. The third-order valence-electron chi connectivity index (χ3n) is 3.72. The molecule has 3 rings (SSSR count). The molecule has 112 valence electrons. The Kier molecular flexibility index (Phi) is 3.44. The van der Waals surface area contributed by atoms with Crippen LogP contribution < -0.4 is 5.32 Å². The lowest BCUT2D eigenvalue weighted by molar-refractivity contribution is -0.137. The van der Waals surface area contributed by atoms with Crippen LogP contribution in [-0.2, 0) is 6.18 Å². The van der Waals surface area contributed by atoms with Crippen LogP contribution in [0.15, 0.2) is 28.8 Å². The van der Waals surface area contributed by atoms with E-state index in [0.29, 0.717) is 17.4 Å². The average Bonchev–Trinajstić information content (AvgIpc) is 3.06. The van der Waals surface area contributed by atoms with Crippen LogP contribution in [0.5, 0.6) is 0 Å². The van der Waals surface area contributed by atoms with Gasteiger partial charge in [-0.2, -0.15) is 18.2 Å². The predicted octanol–water partition coefficient (Wildman–Crippen LogP) is 3.08. The molecule has 1 aliphatic heterocycles. The van der Waals surface area contributed by atoms with Crippen LogP contribution in [0.25, 0.3) is 11.4 Å². The third kappa shape index (κ3) is 2.78. The highest BCUT2D eigenvalue weighted by Gasteiger charge is 2.32. The monoisotopic (exact) mass is 297 g/mol. The van der Waals surface area contributed by atoms with Crippen LogP contribution in [0.4, 0.5) is 13.2 Å². The minimum atomic E-state index is -4.38. The first-order chi connectivity index (χ1) is 9.95. The van der Waals surface area contributed by atoms with Crippen molar-refractivity contribution < 1.29 is 17.7 Å². The summed E-state index contributed by atoms with van der Waals surface area (Å²) in [5.74, 6) is 1.13. The van der Waals surface area contributed by atoms with Gasteiger partial charge in [0.15, 0.2) is 0 Å². The van der Waals surface area contributed by atoms with E-state index in [1.165, 1.54) is 6.07 Å². The maximum Gasteiger partial charge on any atom is 0.416 e. The molecule has 1 aromatic carbocycles. The highest BCUT2D eigenvalue weighted by Crippen LogP contribution is 2.32. The Morgan fingerprint density at radius 2 is 2.10 bits per heavy atom. The van der Waals surface area contributed by atoms with Gasteiger partial charge in [-0.05, 0) is 24.6 Å². The van der Waals surface area contributed by atoms with E-state index < -0.39 is 11.7 Å². The minimum Gasteiger partial charge on any atom is -0.339 e. The molecular formula is C14H14F3N3O. The van der Waals surface area contributed by atoms with E-state index in [1.807, 2.05) is 0 Å². The second-order valence-electron chi connectivity index (χ2n) is 5.28. The SMILES string of the molecule is CC1CNCC1c1nc(-c2cccc(C(F)(F)F)c2)no1. The Morgan fingerprint density at radius 3 is 2.76 bits per heavy atom. The fourth-order valence-corrected chi connectivity index (χ4v) is 2.48. The molecule has 1 aromatic heterocycles. The molecule has 21 heavy (non-hydrogen) atoms. The Morgan fingerprint density at radius 1 is 1.29 bits per heavy atom. The first kappa shape index (κ1) is 14.1. The zero-order chi connectivity index (χ0) is 15.0. The summed E-state index contributed by atoms with van der Waals surface area (Å²) in [6.45, 7) is 3.68. The zero-order valence-corrected chi connectivity index (χ0v) is 11.3. The van der Waals surface area contributed by atoms with Crippen molar-refractivity contribution in [3.8, 4) is 11.4 Å². The van der Waals surface area contributed by atoms with Crippen LogP contribution in [0.2, 0.25) is 0 Å². The molecule has 0 amide bonds. The van der Waals surface area contributed by atoms with Gasteiger partial charge >= 0.3 is 6.18 Å². The van der Waals surface area contributed by atoms with Gasteiger partial charge in [0, 0.05) is 12.1 Å². The average molecular weight is 297 g/mol. The fraction of sp³-hybridized carbons (Fsp3) is 0.429. The second kappa shape index (κ2) is 5.14. The summed E-state index contributed by atoms with van der Waals surface area (Å²) in [6, 6.07) is 4.94. The molecule has 2 unspecified atom stereocenters. The van der Waals surface area contributed by atoms with Gasteiger partial charge in [0.25, 0.3) is 0 Å². The molecule has 0 spiro atoms. The van der Waals surface area contributed by atoms with Crippen LogP contribution in [0.1, 0.15) is 24.3 Å². The van der Waals surface area contributed by atoms with Gasteiger partial charge in [-0.25, -0.2) is 0 Å². The number of benzene rings is 1. The molecule has 7 heteroatoms. The molecule has 1 aliphatic rings. The van der Waals surface area contributed by atoms with Gasteiger partial charge in [-0.15, -0.1) is 0 Å². The first-order valence-corrected chi connectivity index (χ1v) is 6.67. The normalized spacial score (nSPS) is 22.7. The van der Waals surface area contributed by atoms with E-state index in [4.69, 9.17) is 4.52 Å². The molecule has 2 atom stereocenters. The van der Waals surface area contributed by atoms with Crippen molar-refractivity contribution in [2.45, 2.75) is 19.0 Å². The van der Waals surface area contributed by atoms with Crippen molar-refractivity contribution in [2.75, 3.05) is 13.1 Å². The molecule has 2 aromatic rings. The van der Waals surface area contributed by atoms with Gasteiger partial charge in [-0.1, -0.05) is 24.2 Å². The topological polar surface area (TPSA) is 51.0 Å². The minimum absolute atomic E-state index is 0.108. The fourth-order valence-electron chi connectivity index (χ4n) is 2.48. The number of rotatable bonds is 2. The summed E-state index contributed by atoms with van der Waals surface area (Å²) in [7, 11) is 0. The summed E-state index contributed by atoms with van der Waals surface area (Å²) >= 11 is 0. The van der Waals surface area contributed by atoms with Crippen LogP contribution in [0, 0.1) is 5.92 Å². The lowest BCUT2D eigenvalue weighted by Crippen LogP contribution is -2.08. The second-order valence-corrected chi connectivity index (χ2v) is 5.28. The molecule has 1 saturated heterocycles. The number of hydrogen-bond acceptors (Lipinski definition) is 4. The lowest BCUT2D eigenvalue weighted by Gasteiger charge is -2.07. The van der Waals surface area contributed by atoms with Crippen molar-refractivity contribution in [2.24, 2.45) is 5.92 Å². The standard InChI is InChI=1S/C14H14F3N3O/c1-8-6-18-7-11(8)13-19-12(20-21-13)9-3-2-4-10(5-9)14(15,16)17/h2-5,8,11,18H,6-7H2,1H3. The van der Waals surface area contributed by atoms with E-state index in [1.54, 1.807) is 6.07 Å². The first-order valence-electron chi connectivity index (χ1n) is 6.67. The summed E-state index contributed by atoms with van der Waals surface area (Å²) in [5, 5.41) is 7.03. The van der Waals surface area contributed by atoms with E-state index in [9.17, 15) is 13.2 Å².